The van der Waals surface area contributed by atoms with E-state index in [0.717, 1.165) is 48.0 Å². The monoisotopic (exact) mass is 474 g/mol. The van der Waals surface area contributed by atoms with Gasteiger partial charge in [0, 0.05) is 42.1 Å². The highest BCUT2D eigenvalue weighted by Gasteiger charge is 2.31. The van der Waals surface area contributed by atoms with Crippen LogP contribution in [0, 0.1) is 11.8 Å². The van der Waals surface area contributed by atoms with Crippen LogP contribution in [0.1, 0.15) is 56.7 Å². The van der Waals surface area contributed by atoms with E-state index in [4.69, 9.17) is 4.74 Å². The summed E-state index contributed by atoms with van der Waals surface area (Å²) in [5, 5.41) is 11.1. The largest absolute Gasteiger partial charge is 0.497 e. The quantitative estimate of drug-likeness (QED) is 0.449. The van der Waals surface area contributed by atoms with E-state index in [1.807, 2.05) is 18.2 Å². The predicted molar refractivity (Wildman–Crippen MR) is 132 cm³/mol. The van der Waals surface area contributed by atoms with Crippen LogP contribution < -0.4 is 4.74 Å². The molecule has 1 saturated heterocycles. The van der Waals surface area contributed by atoms with Gasteiger partial charge in [0.25, 0.3) is 0 Å². The number of carboxylic acid groups (broad SMARTS) is 1. The first-order valence-electron chi connectivity index (χ1n) is 12.2. The van der Waals surface area contributed by atoms with Gasteiger partial charge in [0.2, 0.25) is 0 Å². The third-order valence-electron chi connectivity index (χ3n) is 7.34. The highest BCUT2D eigenvalue weighted by Crippen LogP contribution is 2.37. The van der Waals surface area contributed by atoms with E-state index >= 15 is 4.39 Å². The van der Waals surface area contributed by atoms with E-state index in [2.05, 4.69) is 21.6 Å². The van der Waals surface area contributed by atoms with Crippen LogP contribution in [0.25, 0.3) is 10.9 Å². The van der Waals surface area contributed by atoms with Crippen LogP contribution in [-0.2, 0) is 4.79 Å². The van der Waals surface area contributed by atoms with Crippen LogP contribution >= 0.6 is 11.8 Å². The van der Waals surface area contributed by atoms with Crippen LogP contribution in [-0.4, -0.2) is 58.7 Å². The number of aliphatic carboxylic acids is 1. The lowest BCUT2D eigenvalue weighted by Crippen LogP contribution is -2.42. The van der Waals surface area contributed by atoms with Gasteiger partial charge in [-0.3, -0.25) is 9.78 Å². The number of thioether (sulfide) groups is 1. The lowest BCUT2D eigenvalue weighted by Gasteiger charge is -2.38. The Morgan fingerprint density at radius 3 is 2.88 bits per heavy atom. The first-order chi connectivity index (χ1) is 16.0. The molecular weight excluding hydrogens is 439 g/mol. The van der Waals surface area contributed by atoms with E-state index in [-0.39, 0.29) is 18.3 Å². The minimum absolute atomic E-state index is 0.0893. The third kappa shape index (κ3) is 6.38. The maximum atomic E-state index is 15.4. The van der Waals surface area contributed by atoms with Crippen molar-refractivity contribution in [2.45, 2.75) is 56.4 Å². The molecular formula is C26H35FN2O3S. The number of rotatable bonds is 11. The SMILES string of the molecule is COc1ccc2nccc([C@@H](F)CC[C@@H]3CCN(CCSC4CCC4)C[C@@H]3CC(=O)O)c2c1. The summed E-state index contributed by atoms with van der Waals surface area (Å²) in [6.45, 7) is 2.83. The third-order valence-corrected chi connectivity index (χ3v) is 8.70. The molecule has 1 aromatic heterocycles. The number of hydrogen-bond acceptors (Lipinski definition) is 5. The molecule has 0 amide bonds. The number of halogens is 1. The normalized spacial score (nSPS) is 22.7. The van der Waals surface area contributed by atoms with Crippen molar-refractivity contribution < 1.29 is 19.0 Å². The van der Waals surface area contributed by atoms with Crippen molar-refractivity contribution in [3.05, 3.63) is 36.0 Å². The second kappa shape index (κ2) is 11.5. The molecule has 1 aliphatic heterocycles. The molecule has 5 nitrogen and oxygen atoms in total. The van der Waals surface area contributed by atoms with E-state index in [0.29, 0.717) is 24.2 Å². The molecule has 3 atom stereocenters. The standard InChI is InChI=1S/C26H35FN2O3S/c1-32-20-6-8-25-23(16-20)22(9-11-28-25)24(27)7-5-18-10-12-29(17-19(18)15-26(30)31)13-14-33-21-3-2-4-21/h6,8-9,11,16,18-19,21,24H,2-5,7,10,12-15,17H2,1H3,(H,30,31)/t18-,19+,24+/m1/s1. The highest BCUT2D eigenvalue weighted by molar-refractivity contribution is 7.99. The van der Waals surface area contributed by atoms with E-state index in [1.54, 1.807) is 19.4 Å². The molecule has 7 heteroatoms. The lowest BCUT2D eigenvalue weighted by atomic mass is 9.79. The summed E-state index contributed by atoms with van der Waals surface area (Å²) in [6, 6.07) is 7.29. The number of ether oxygens (including phenoxy) is 1. The molecule has 0 bridgehead atoms. The summed E-state index contributed by atoms with van der Waals surface area (Å²) in [5.41, 5.74) is 1.40. The van der Waals surface area contributed by atoms with Crippen LogP contribution in [0.4, 0.5) is 4.39 Å². The minimum atomic E-state index is -1.11. The second-order valence-electron chi connectivity index (χ2n) is 9.46. The highest BCUT2D eigenvalue weighted by atomic mass is 32.2. The molecule has 0 radical (unpaired) electrons. The molecule has 1 N–H and O–H groups in total. The van der Waals surface area contributed by atoms with Crippen LogP contribution in [0.3, 0.4) is 0 Å². The van der Waals surface area contributed by atoms with E-state index < -0.39 is 12.1 Å². The topological polar surface area (TPSA) is 62.7 Å². The first-order valence-corrected chi connectivity index (χ1v) is 13.2. The number of pyridine rings is 1. The summed E-state index contributed by atoms with van der Waals surface area (Å²) in [5.74, 6) is 1.40. The van der Waals surface area contributed by atoms with Gasteiger partial charge in [-0.25, -0.2) is 4.39 Å². The summed E-state index contributed by atoms with van der Waals surface area (Å²) in [6.07, 6.45) is 6.83. The van der Waals surface area contributed by atoms with Crippen molar-refractivity contribution >= 4 is 28.6 Å². The van der Waals surface area contributed by atoms with Gasteiger partial charge < -0.3 is 14.7 Å². The fourth-order valence-corrected chi connectivity index (χ4v) is 6.51. The molecule has 1 aliphatic carbocycles. The van der Waals surface area contributed by atoms with Gasteiger partial charge in [-0.1, -0.05) is 6.42 Å². The van der Waals surface area contributed by atoms with Crippen molar-refractivity contribution in [3.63, 3.8) is 0 Å². The lowest BCUT2D eigenvalue weighted by molar-refractivity contribution is -0.139. The van der Waals surface area contributed by atoms with Gasteiger partial charge in [-0.05, 0) is 80.3 Å². The van der Waals surface area contributed by atoms with Gasteiger partial charge in [-0.2, -0.15) is 11.8 Å². The summed E-state index contributed by atoms with van der Waals surface area (Å²) in [7, 11) is 1.60. The molecule has 2 heterocycles. The van der Waals surface area contributed by atoms with Crippen molar-refractivity contribution in [2.24, 2.45) is 11.8 Å². The second-order valence-corrected chi connectivity index (χ2v) is 10.9. The van der Waals surface area contributed by atoms with Gasteiger partial charge >= 0.3 is 5.97 Å². The first kappa shape index (κ1) is 24.3. The number of piperidine rings is 1. The summed E-state index contributed by atoms with van der Waals surface area (Å²) < 4.78 is 20.7. The number of carboxylic acids is 1. The number of aromatic nitrogens is 1. The van der Waals surface area contributed by atoms with Crippen molar-refractivity contribution in [1.29, 1.82) is 0 Å². The Bertz CT molecular complexity index is 939. The molecule has 2 aliphatic rings. The van der Waals surface area contributed by atoms with Gasteiger partial charge in [0.1, 0.15) is 11.9 Å². The molecule has 0 spiro atoms. The molecule has 1 saturated carbocycles. The Balaban J connectivity index is 1.35. The van der Waals surface area contributed by atoms with Crippen molar-refractivity contribution in [3.8, 4) is 5.75 Å². The van der Waals surface area contributed by atoms with Gasteiger partial charge in [0.05, 0.1) is 12.6 Å². The zero-order valence-electron chi connectivity index (χ0n) is 19.4. The molecule has 4 rings (SSSR count). The minimum Gasteiger partial charge on any atom is -0.497 e. The molecule has 0 unspecified atom stereocenters. The number of alkyl halides is 1. The maximum Gasteiger partial charge on any atom is 0.303 e. The molecule has 180 valence electrons. The molecule has 2 fully saturated rings. The van der Waals surface area contributed by atoms with Crippen molar-refractivity contribution in [1.82, 2.24) is 9.88 Å². The Morgan fingerprint density at radius 2 is 2.15 bits per heavy atom. The Hall–Kier alpha value is -1.86. The number of likely N-dealkylation sites (tertiary alicyclic amines) is 1. The molecule has 33 heavy (non-hydrogen) atoms. The zero-order valence-corrected chi connectivity index (χ0v) is 20.2. The Morgan fingerprint density at radius 1 is 1.30 bits per heavy atom. The van der Waals surface area contributed by atoms with Gasteiger partial charge in [0.15, 0.2) is 0 Å². The number of nitrogens with zero attached hydrogens (tertiary/aromatic N) is 2. The predicted octanol–water partition coefficient (Wildman–Crippen LogP) is 5.73. The Kier molecular flexibility index (Phi) is 8.47. The summed E-state index contributed by atoms with van der Waals surface area (Å²) >= 11 is 2.07. The van der Waals surface area contributed by atoms with Crippen LogP contribution in [0.15, 0.2) is 30.5 Å². The zero-order chi connectivity index (χ0) is 23.2. The summed E-state index contributed by atoms with van der Waals surface area (Å²) in [4.78, 5) is 18.3. The van der Waals surface area contributed by atoms with Crippen LogP contribution in [0.5, 0.6) is 5.75 Å². The number of fused-ring (bicyclic) bond motifs is 1. The smallest absolute Gasteiger partial charge is 0.303 e. The number of hydrogen-bond donors (Lipinski definition) is 1. The Labute approximate surface area is 200 Å². The average Bonchev–Trinajstić information content (AvgIpc) is 2.78. The maximum absolute atomic E-state index is 15.4. The number of carbonyl (C=O) groups is 1. The fraction of sp³-hybridized carbons (Fsp3) is 0.615. The molecule has 2 aromatic rings. The van der Waals surface area contributed by atoms with E-state index in [9.17, 15) is 9.90 Å². The number of methoxy groups -OCH3 is 1. The fourth-order valence-electron chi connectivity index (χ4n) is 5.14. The van der Waals surface area contributed by atoms with Crippen molar-refractivity contribution in [2.75, 3.05) is 32.5 Å². The van der Waals surface area contributed by atoms with Crippen LogP contribution in [0.2, 0.25) is 0 Å². The number of benzene rings is 1. The molecule has 1 aromatic carbocycles. The van der Waals surface area contributed by atoms with Gasteiger partial charge in [-0.15, -0.1) is 0 Å². The van der Waals surface area contributed by atoms with E-state index in [1.165, 1.54) is 19.3 Å². The average molecular weight is 475 g/mol.